The number of aromatic nitrogens is 1. The van der Waals surface area contributed by atoms with Gasteiger partial charge in [-0.05, 0) is 26.2 Å². The maximum atomic E-state index is 13.8. The van der Waals surface area contributed by atoms with Gasteiger partial charge in [0, 0.05) is 43.5 Å². The predicted octanol–water partition coefficient (Wildman–Crippen LogP) is 2.26. The number of hydrogen-bond donors (Lipinski definition) is 2. The van der Waals surface area contributed by atoms with E-state index < -0.39 is 63.7 Å². The van der Waals surface area contributed by atoms with E-state index in [2.05, 4.69) is 5.32 Å². The molecule has 1 aromatic heterocycles. The Morgan fingerprint density at radius 2 is 1.87 bits per heavy atom. The lowest BCUT2D eigenvalue weighted by molar-refractivity contribution is 0.0592. The van der Waals surface area contributed by atoms with Crippen LogP contribution < -0.4 is 10.7 Å². The zero-order valence-corrected chi connectivity index (χ0v) is 16.7. The first-order valence-corrected chi connectivity index (χ1v) is 9.82. The number of nitrogens with zero attached hydrogens (tertiary/aromatic N) is 2. The molecule has 2 bridgehead atoms. The summed E-state index contributed by atoms with van der Waals surface area (Å²) < 4.78 is 42.2. The Bertz CT molecular complexity index is 1140. The molecule has 3 heterocycles. The van der Waals surface area contributed by atoms with E-state index in [1.807, 2.05) is 6.92 Å². The Balaban J connectivity index is 1.71. The van der Waals surface area contributed by atoms with Crippen LogP contribution in [0.15, 0.2) is 23.1 Å². The van der Waals surface area contributed by atoms with E-state index in [9.17, 15) is 32.7 Å². The number of halogens is 3. The summed E-state index contributed by atoms with van der Waals surface area (Å²) in [6.45, 7) is 2.12. The van der Waals surface area contributed by atoms with Crippen molar-refractivity contribution in [1.82, 2.24) is 14.8 Å². The van der Waals surface area contributed by atoms with Crippen LogP contribution in [0.5, 0.6) is 5.75 Å². The normalized spacial score (nSPS) is 20.3. The van der Waals surface area contributed by atoms with E-state index in [4.69, 9.17) is 0 Å². The zero-order chi connectivity index (χ0) is 22.5. The molecule has 0 saturated carbocycles. The highest BCUT2D eigenvalue weighted by atomic mass is 19.1. The topological polar surface area (TPSA) is 91.6 Å². The lowest BCUT2D eigenvalue weighted by atomic mass is 9.92. The maximum absolute atomic E-state index is 13.8. The Morgan fingerprint density at radius 3 is 2.55 bits per heavy atom. The molecule has 1 saturated heterocycles. The van der Waals surface area contributed by atoms with Crippen LogP contribution >= 0.6 is 0 Å². The molecule has 2 amide bonds. The van der Waals surface area contributed by atoms with Crippen LogP contribution in [0, 0.1) is 17.5 Å². The van der Waals surface area contributed by atoms with Crippen LogP contribution in [-0.4, -0.2) is 39.5 Å². The molecular weight excluding hydrogens is 415 g/mol. The van der Waals surface area contributed by atoms with Gasteiger partial charge in [0.2, 0.25) is 5.43 Å². The number of carbonyl (C=O) groups excluding carboxylic acids is 2. The number of pyridine rings is 1. The minimum Gasteiger partial charge on any atom is -0.503 e. The predicted molar refractivity (Wildman–Crippen MR) is 103 cm³/mol. The molecule has 10 heteroatoms. The third-order valence-corrected chi connectivity index (χ3v) is 5.96. The highest BCUT2D eigenvalue weighted by Gasteiger charge is 2.43. The van der Waals surface area contributed by atoms with Gasteiger partial charge in [-0.2, -0.15) is 0 Å². The van der Waals surface area contributed by atoms with Crippen LogP contribution in [0.3, 0.4) is 0 Å². The summed E-state index contributed by atoms with van der Waals surface area (Å²) in [6.07, 6.45) is 3.48. The first-order chi connectivity index (χ1) is 14.6. The van der Waals surface area contributed by atoms with Crippen molar-refractivity contribution in [3.05, 3.63) is 62.8 Å². The van der Waals surface area contributed by atoms with Gasteiger partial charge in [-0.15, -0.1) is 0 Å². The number of amides is 2. The summed E-state index contributed by atoms with van der Waals surface area (Å²) in [6, 6.07) is 0.961. The fourth-order valence-corrected chi connectivity index (χ4v) is 4.30. The Morgan fingerprint density at radius 1 is 1.19 bits per heavy atom. The quantitative estimate of drug-likeness (QED) is 0.774. The minimum absolute atomic E-state index is 0.173. The van der Waals surface area contributed by atoms with Crippen LogP contribution in [0.25, 0.3) is 0 Å². The molecular formula is C21H20F3N3O4. The largest absolute Gasteiger partial charge is 0.503 e. The van der Waals surface area contributed by atoms with Crippen molar-refractivity contribution < 1.29 is 27.9 Å². The number of hydrogen-bond acceptors (Lipinski definition) is 4. The molecule has 2 aliphatic rings. The van der Waals surface area contributed by atoms with Crippen LogP contribution in [0.4, 0.5) is 13.2 Å². The lowest BCUT2D eigenvalue weighted by Crippen LogP contribution is -2.52. The van der Waals surface area contributed by atoms with E-state index in [0.29, 0.717) is 31.6 Å². The van der Waals surface area contributed by atoms with Gasteiger partial charge in [0.05, 0.1) is 5.54 Å². The van der Waals surface area contributed by atoms with Crippen molar-refractivity contribution in [3.63, 3.8) is 0 Å². The fraction of sp³-hybridized carbons (Fsp3) is 0.381. The molecule has 1 fully saturated rings. The van der Waals surface area contributed by atoms with Crippen LogP contribution in [0.1, 0.15) is 52.6 Å². The van der Waals surface area contributed by atoms with E-state index in [0.717, 1.165) is 12.8 Å². The van der Waals surface area contributed by atoms with Crippen LogP contribution in [-0.2, 0) is 12.1 Å². The second-order valence-electron chi connectivity index (χ2n) is 8.15. The van der Waals surface area contributed by atoms with Crippen molar-refractivity contribution in [1.29, 1.82) is 0 Å². The van der Waals surface area contributed by atoms with Gasteiger partial charge in [0.1, 0.15) is 23.0 Å². The van der Waals surface area contributed by atoms with Crippen molar-refractivity contribution in [2.24, 2.45) is 0 Å². The molecule has 2 aromatic rings. The van der Waals surface area contributed by atoms with Crippen molar-refractivity contribution in [2.45, 2.75) is 38.3 Å². The lowest BCUT2D eigenvalue weighted by Gasteiger charge is -2.42. The Labute approximate surface area is 175 Å². The van der Waals surface area contributed by atoms with E-state index >= 15 is 0 Å². The third kappa shape index (κ3) is 3.45. The van der Waals surface area contributed by atoms with Crippen molar-refractivity contribution in [2.75, 3.05) is 13.1 Å². The number of benzene rings is 1. The number of rotatable bonds is 3. The van der Waals surface area contributed by atoms with Gasteiger partial charge in [-0.3, -0.25) is 14.4 Å². The summed E-state index contributed by atoms with van der Waals surface area (Å²) in [7, 11) is 0. The fourth-order valence-electron chi connectivity index (χ4n) is 4.30. The minimum atomic E-state index is -1.18. The zero-order valence-electron chi connectivity index (χ0n) is 16.7. The highest BCUT2D eigenvalue weighted by molar-refractivity contribution is 5.99. The summed E-state index contributed by atoms with van der Waals surface area (Å²) in [5.41, 5.74) is -2.89. The van der Waals surface area contributed by atoms with Gasteiger partial charge in [0.25, 0.3) is 11.8 Å². The van der Waals surface area contributed by atoms with E-state index in [1.54, 1.807) is 4.90 Å². The molecule has 1 aromatic carbocycles. The smallest absolute Gasteiger partial charge is 0.274 e. The monoisotopic (exact) mass is 435 g/mol. The number of fused-ring (bicyclic) bond motifs is 4. The maximum Gasteiger partial charge on any atom is 0.274 e. The molecule has 0 radical (unpaired) electrons. The molecule has 2 aliphatic heterocycles. The molecule has 4 rings (SSSR count). The molecule has 1 atom stereocenters. The van der Waals surface area contributed by atoms with Gasteiger partial charge >= 0.3 is 0 Å². The highest BCUT2D eigenvalue weighted by Crippen LogP contribution is 2.36. The van der Waals surface area contributed by atoms with E-state index in [1.165, 1.54) is 10.8 Å². The molecule has 1 unspecified atom stereocenters. The van der Waals surface area contributed by atoms with Gasteiger partial charge in [-0.25, -0.2) is 13.2 Å². The van der Waals surface area contributed by atoms with E-state index in [-0.39, 0.29) is 5.69 Å². The molecule has 31 heavy (non-hydrogen) atoms. The number of carbonyl (C=O) groups is 2. The first-order valence-electron chi connectivity index (χ1n) is 9.82. The van der Waals surface area contributed by atoms with Gasteiger partial charge < -0.3 is 19.9 Å². The van der Waals surface area contributed by atoms with Crippen molar-refractivity contribution >= 4 is 11.8 Å². The second kappa shape index (κ2) is 7.44. The second-order valence-corrected chi connectivity index (χ2v) is 8.15. The number of nitrogens with one attached hydrogen (secondary N) is 1. The molecule has 164 valence electrons. The third-order valence-electron chi connectivity index (χ3n) is 5.96. The SMILES string of the molecule is CC12CCCCN(C1)C(=O)c1c(O)c(=O)c(C(=O)NCc3c(F)cc(F)cc3F)cn12. The summed E-state index contributed by atoms with van der Waals surface area (Å²) in [5.74, 6) is -5.77. The molecule has 0 spiro atoms. The molecule has 0 aliphatic carbocycles. The average molecular weight is 435 g/mol. The van der Waals surface area contributed by atoms with Gasteiger partial charge in [-0.1, -0.05) is 0 Å². The molecule has 7 nitrogen and oxygen atoms in total. The van der Waals surface area contributed by atoms with Gasteiger partial charge in [0.15, 0.2) is 11.4 Å². The standard InChI is InChI=1S/C21H20F3N3O4/c1-21-4-2-3-5-26(10-21)20(31)16-18(29)17(28)13(9-27(16)21)19(30)25-8-12-14(23)6-11(22)7-15(12)24/h6-7,9,29H,2-5,8,10H2,1H3,(H,25,30). The average Bonchev–Trinajstić information content (AvgIpc) is 2.88. The number of aromatic hydroxyl groups is 1. The summed E-state index contributed by atoms with van der Waals surface area (Å²) in [5, 5.41) is 12.7. The first kappa shape index (κ1) is 21.0. The van der Waals surface area contributed by atoms with Crippen LogP contribution in [0.2, 0.25) is 0 Å². The summed E-state index contributed by atoms with van der Waals surface area (Å²) >= 11 is 0. The Hall–Kier alpha value is -3.30. The molecule has 2 N–H and O–H groups in total. The summed E-state index contributed by atoms with van der Waals surface area (Å²) in [4.78, 5) is 39.6. The Kier molecular flexibility index (Phi) is 5.03. The van der Waals surface area contributed by atoms with Crippen molar-refractivity contribution in [3.8, 4) is 5.75 Å².